The number of hydrogen-bond acceptors (Lipinski definition) is 2. The van der Waals surface area contributed by atoms with Crippen LogP contribution in [0.3, 0.4) is 0 Å². The second-order valence-electron chi connectivity index (χ2n) is 4.59. The Kier molecular flexibility index (Phi) is 6.90. The minimum absolute atomic E-state index is 0.608. The Morgan fingerprint density at radius 3 is 2.81 bits per heavy atom. The van der Waals surface area contributed by atoms with Gasteiger partial charge in [0.15, 0.2) is 0 Å². The summed E-state index contributed by atoms with van der Waals surface area (Å²) >= 11 is 0. The van der Waals surface area contributed by atoms with Crippen molar-refractivity contribution in [2.75, 3.05) is 0 Å². The number of rotatable bonds is 9. The van der Waals surface area contributed by atoms with E-state index in [9.17, 15) is 0 Å². The Morgan fingerprint density at radius 2 is 2.12 bits per heavy atom. The first-order valence-electron chi connectivity index (χ1n) is 6.54. The smallest absolute Gasteiger partial charge is 0.0532 e. The van der Waals surface area contributed by atoms with Gasteiger partial charge in [-0.1, -0.05) is 39.0 Å². The van der Waals surface area contributed by atoms with Crippen LogP contribution in [-0.2, 0) is 6.54 Å². The zero-order valence-electron chi connectivity index (χ0n) is 10.6. The topological polar surface area (TPSA) is 40.7 Å². The van der Waals surface area contributed by atoms with Crippen molar-refractivity contribution in [2.45, 2.75) is 65.0 Å². The summed E-state index contributed by atoms with van der Waals surface area (Å²) in [5.41, 5.74) is 1.23. The van der Waals surface area contributed by atoms with Gasteiger partial charge in [0, 0.05) is 24.3 Å². The van der Waals surface area contributed by atoms with Crippen molar-refractivity contribution < 1.29 is 0 Å². The molecule has 1 aromatic rings. The maximum Gasteiger partial charge on any atom is 0.0532 e. The van der Waals surface area contributed by atoms with Crippen molar-refractivity contribution in [3.05, 3.63) is 18.0 Å². The third kappa shape index (κ3) is 5.91. The molecular formula is C13H25N3. The van der Waals surface area contributed by atoms with E-state index in [-0.39, 0.29) is 0 Å². The van der Waals surface area contributed by atoms with Crippen LogP contribution in [0.25, 0.3) is 0 Å². The van der Waals surface area contributed by atoms with E-state index in [1.807, 2.05) is 12.4 Å². The van der Waals surface area contributed by atoms with Crippen LogP contribution in [0.4, 0.5) is 0 Å². The fraction of sp³-hybridized carbons (Fsp3) is 0.769. The molecule has 3 nitrogen and oxygen atoms in total. The summed E-state index contributed by atoms with van der Waals surface area (Å²) in [5, 5.41) is 10.3. The Hall–Kier alpha value is -0.830. The van der Waals surface area contributed by atoms with E-state index in [2.05, 4.69) is 29.4 Å². The first-order valence-corrected chi connectivity index (χ1v) is 6.54. The second kappa shape index (κ2) is 8.34. The summed E-state index contributed by atoms with van der Waals surface area (Å²) in [6, 6.07) is 0.608. The second-order valence-corrected chi connectivity index (χ2v) is 4.59. The fourth-order valence-electron chi connectivity index (χ4n) is 1.82. The Morgan fingerprint density at radius 1 is 1.31 bits per heavy atom. The van der Waals surface area contributed by atoms with Gasteiger partial charge in [-0.15, -0.1) is 0 Å². The van der Waals surface area contributed by atoms with Crippen molar-refractivity contribution >= 4 is 0 Å². The molecule has 1 aromatic heterocycles. The standard InChI is InChI=1S/C13H25N3/c1-3-4-5-6-7-8-12(2)14-9-13-10-15-16-11-13/h10-12,14H,3-9H2,1-2H3,(H,15,16). The summed E-state index contributed by atoms with van der Waals surface area (Å²) in [6.45, 7) is 5.45. The summed E-state index contributed by atoms with van der Waals surface area (Å²) < 4.78 is 0. The van der Waals surface area contributed by atoms with Crippen molar-refractivity contribution in [2.24, 2.45) is 0 Å². The van der Waals surface area contributed by atoms with E-state index in [0.717, 1.165) is 6.54 Å². The van der Waals surface area contributed by atoms with Gasteiger partial charge in [0.2, 0.25) is 0 Å². The van der Waals surface area contributed by atoms with Crippen molar-refractivity contribution in [3.63, 3.8) is 0 Å². The maximum absolute atomic E-state index is 3.93. The molecule has 0 spiro atoms. The molecule has 0 amide bonds. The minimum atomic E-state index is 0.608. The van der Waals surface area contributed by atoms with Crippen LogP contribution in [0, 0.1) is 0 Å². The van der Waals surface area contributed by atoms with Crippen LogP contribution in [0.5, 0.6) is 0 Å². The van der Waals surface area contributed by atoms with Gasteiger partial charge in [-0.25, -0.2) is 0 Å². The van der Waals surface area contributed by atoms with Gasteiger partial charge in [0.25, 0.3) is 0 Å². The summed E-state index contributed by atoms with van der Waals surface area (Å²) in [4.78, 5) is 0. The Balaban J connectivity index is 1.96. The Bertz CT molecular complexity index is 244. The molecule has 0 bridgehead atoms. The van der Waals surface area contributed by atoms with Gasteiger partial charge in [0.05, 0.1) is 6.20 Å². The van der Waals surface area contributed by atoms with Crippen LogP contribution in [0.15, 0.2) is 12.4 Å². The van der Waals surface area contributed by atoms with Crippen LogP contribution in [0.1, 0.15) is 57.9 Å². The average molecular weight is 223 g/mol. The predicted molar refractivity (Wildman–Crippen MR) is 68.3 cm³/mol. The molecule has 0 aliphatic heterocycles. The normalized spacial score (nSPS) is 12.9. The number of aromatic nitrogens is 2. The highest BCUT2D eigenvalue weighted by molar-refractivity contribution is 5.01. The van der Waals surface area contributed by atoms with E-state index in [1.165, 1.54) is 44.1 Å². The molecule has 3 heteroatoms. The molecule has 1 atom stereocenters. The number of hydrogen-bond donors (Lipinski definition) is 2. The van der Waals surface area contributed by atoms with Gasteiger partial charge in [-0.2, -0.15) is 5.10 Å². The third-order valence-electron chi connectivity index (χ3n) is 2.95. The molecule has 1 heterocycles. The molecule has 0 saturated carbocycles. The number of aromatic amines is 1. The molecule has 1 rings (SSSR count). The number of H-pyrrole nitrogens is 1. The molecule has 0 aromatic carbocycles. The monoisotopic (exact) mass is 223 g/mol. The SMILES string of the molecule is CCCCCCCC(C)NCc1cn[nH]c1. The molecule has 0 aliphatic rings. The Labute approximate surface area is 99.0 Å². The van der Waals surface area contributed by atoms with Crippen LogP contribution < -0.4 is 5.32 Å². The lowest BCUT2D eigenvalue weighted by Crippen LogP contribution is -2.25. The molecule has 16 heavy (non-hydrogen) atoms. The van der Waals surface area contributed by atoms with E-state index >= 15 is 0 Å². The highest BCUT2D eigenvalue weighted by Crippen LogP contribution is 2.07. The van der Waals surface area contributed by atoms with Crippen molar-refractivity contribution in [1.29, 1.82) is 0 Å². The molecule has 2 N–H and O–H groups in total. The van der Waals surface area contributed by atoms with Crippen molar-refractivity contribution in [1.82, 2.24) is 15.5 Å². The fourth-order valence-corrected chi connectivity index (χ4v) is 1.82. The summed E-state index contributed by atoms with van der Waals surface area (Å²) in [5.74, 6) is 0. The largest absolute Gasteiger partial charge is 0.310 e. The molecule has 1 unspecified atom stereocenters. The molecule has 0 radical (unpaired) electrons. The lowest BCUT2D eigenvalue weighted by Gasteiger charge is -2.12. The van der Waals surface area contributed by atoms with Gasteiger partial charge in [-0.3, -0.25) is 5.10 Å². The lowest BCUT2D eigenvalue weighted by atomic mass is 10.1. The average Bonchev–Trinajstić information content (AvgIpc) is 2.79. The zero-order chi connectivity index (χ0) is 11.6. The lowest BCUT2D eigenvalue weighted by molar-refractivity contribution is 0.480. The minimum Gasteiger partial charge on any atom is -0.310 e. The van der Waals surface area contributed by atoms with Crippen LogP contribution >= 0.6 is 0 Å². The predicted octanol–water partition coefficient (Wildman–Crippen LogP) is 3.25. The maximum atomic E-state index is 3.93. The first-order chi connectivity index (χ1) is 7.83. The van der Waals surface area contributed by atoms with Crippen molar-refractivity contribution in [3.8, 4) is 0 Å². The van der Waals surface area contributed by atoms with Gasteiger partial charge in [0.1, 0.15) is 0 Å². The molecule has 0 saturated heterocycles. The van der Waals surface area contributed by atoms with E-state index in [0.29, 0.717) is 6.04 Å². The number of nitrogens with zero attached hydrogens (tertiary/aromatic N) is 1. The highest BCUT2D eigenvalue weighted by Gasteiger charge is 2.01. The molecule has 0 fully saturated rings. The zero-order valence-corrected chi connectivity index (χ0v) is 10.6. The molecule has 0 aliphatic carbocycles. The third-order valence-corrected chi connectivity index (χ3v) is 2.95. The van der Waals surface area contributed by atoms with E-state index in [4.69, 9.17) is 0 Å². The number of unbranched alkanes of at least 4 members (excludes halogenated alkanes) is 4. The molecule has 92 valence electrons. The van der Waals surface area contributed by atoms with E-state index in [1.54, 1.807) is 0 Å². The van der Waals surface area contributed by atoms with Crippen LogP contribution in [-0.4, -0.2) is 16.2 Å². The molecular weight excluding hydrogens is 198 g/mol. The van der Waals surface area contributed by atoms with E-state index < -0.39 is 0 Å². The summed E-state index contributed by atoms with van der Waals surface area (Å²) in [6.07, 6.45) is 11.9. The van der Waals surface area contributed by atoms with Gasteiger partial charge < -0.3 is 5.32 Å². The van der Waals surface area contributed by atoms with Gasteiger partial charge >= 0.3 is 0 Å². The summed E-state index contributed by atoms with van der Waals surface area (Å²) in [7, 11) is 0. The quantitative estimate of drug-likeness (QED) is 0.631. The van der Waals surface area contributed by atoms with Crippen LogP contribution in [0.2, 0.25) is 0 Å². The highest BCUT2D eigenvalue weighted by atomic mass is 15.1. The first kappa shape index (κ1) is 13.2. The van der Waals surface area contributed by atoms with Gasteiger partial charge in [-0.05, 0) is 13.3 Å². The number of nitrogens with one attached hydrogen (secondary N) is 2.